The molecule has 33 heavy (non-hydrogen) atoms. The van der Waals surface area contributed by atoms with E-state index < -0.39 is 0 Å². The van der Waals surface area contributed by atoms with Gasteiger partial charge in [0.1, 0.15) is 11.5 Å². The van der Waals surface area contributed by atoms with Crippen molar-refractivity contribution in [1.29, 1.82) is 0 Å². The number of para-hydroxylation sites is 1. The monoisotopic (exact) mass is 453 g/mol. The van der Waals surface area contributed by atoms with Gasteiger partial charge in [0.05, 0.1) is 20.8 Å². The first kappa shape index (κ1) is 25.1. The van der Waals surface area contributed by atoms with Gasteiger partial charge in [-0.2, -0.15) is 0 Å². The first-order valence-corrected chi connectivity index (χ1v) is 11.9. The van der Waals surface area contributed by atoms with Crippen molar-refractivity contribution in [3.8, 4) is 11.5 Å². The summed E-state index contributed by atoms with van der Waals surface area (Å²) in [7, 11) is 3.38. The van der Waals surface area contributed by atoms with Crippen molar-refractivity contribution in [1.82, 2.24) is 9.80 Å². The predicted octanol–water partition coefficient (Wildman–Crippen LogP) is 4.71. The molecule has 0 atom stereocenters. The molecule has 0 spiro atoms. The number of hydrogen-bond donors (Lipinski definition) is 1. The second kappa shape index (κ2) is 11.5. The Morgan fingerprint density at radius 3 is 2.06 bits per heavy atom. The van der Waals surface area contributed by atoms with Crippen LogP contribution in [-0.4, -0.2) is 62.7 Å². The van der Waals surface area contributed by atoms with Crippen LogP contribution in [0.15, 0.2) is 36.4 Å². The Hall–Kier alpha value is -2.57. The Bertz CT molecular complexity index is 908. The van der Waals surface area contributed by atoms with E-state index in [0.29, 0.717) is 18.4 Å². The second-order valence-electron chi connectivity index (χ2n) is 9.40. The second-order valence-corrected chi connectivity index (χ2v) is 9.40. The molecule has 1 aliphatic rings. The number of ether oxygens (including phenoxy) is 2. The van der Waals surface area contributed by atoms with E-state index in [-0.39, 0.29) is 5.91 Å². The molecule has 1 heterocycles. The quantitative estimate of drug-likeness (QED) is 0.596. The highest BCUT2D eigenvalue weighted by atomic mass is 16.5. The molecule has 2 aromatic rings. The molecule has 1 N–H and O–H groups in total. The zero-order valence-electron chi connectivity index (χ0n) is 21.0. The molecular weight excluding hydrogens is 414 g/mol. The Labute approximate surface area is 198 Å². The lowest BCUT2D eigenvalue weighted by molar-refractivity contribution is -0.117. The van der Waals surface area contributed by atoms with Crippen LogP contribution in [0.1, 0.15) is 56.2 Å². The largest absolute Gasteiger partial charge is 0.497 e. The molecular formula is C27H39N3O3. The van der Waals surface area contributed by atoms with Crippen LogP contribution in [0.2, 0.25) is 0 Å². The highest BCUT2D eigenvalue weighted by Crippen LogP contribution is 2.32. The lowest BCUT2D eigenvalue weighted by atomic mass is 9.92. The third-order valence-electron chi connectivity index (χ3n) is 6.35. The first-order chi connectivity index (χ1) is 15.8. The molecule has 0 saturated carbocycles. The third kappa shape index (κ3) is 6.49. The van der Waals surface area contributed by atoms with Gasteiger partial charge in [0.2, 0.25) is 5.91 Å². The molecule has 1 fully saturated rings. The van der Waals surface area contributed by atoms with E-state index in [1.54, 1.807) is 14.2 Å². The zero-order chi connectivity index (χ0) is 24.0. The summed E-state index contributed by atoms with van der Waals surface area (Å²) in [6, 6.07) is 12.2. The van der Waals surface area contributed by atoms with Gasteiger partial charge >= 0.3 is 0 Å². The van der Waals surface area contributed by atoms with Crippen LogP contribution in [-0.2, 0) is 11.3 Å². The molecule has 6 heteroatoms. The van der Waals surface area contributed by atoms with Gasteiger partial charge in [-0.05, 0) is 41.2 Å². The molecule has 0 unspecified atom stereocenters. The normalized spacial score (nSPS) is 15.2. The summed E-state index contributed by atoms with van der Waals surface area (Å²) in [6.07, 6.45) is 0. The number of carbonyl (C=O) groups is 1. The molecule has 1 amide bonds. The number of nitrogens with zero attached hydrogens (tertiary/aromatic N) is 2. The Balaban J connectivity index is 1.58. The molecule has 0 aliphatic carbocycles. The number of anilines is 1. The van der Waals surface area contributed by atoms with E-state index in [9.17, 15) is 4.79 Å². The molecule has 2 aromatic carbocycles. The molecule has 1 aliphatic heterocycles. The van der Waals surface area contributed by atoms with Crippen LogP contribution in [0.3, 0.4) is 0 Å². The van der Waals surface area contributed by atoms with Crippen molar-refractivity contribution >= 4 is 11.6 Å². The average Bonchev–Trinajstić information content (AvgIpc) is 2.80. The van der Waals surface area contributed by atoms with Gasteiger partial charge in [-0.3, -0.25) is 14.6 Å². The highest BCUT2D eigenvalue weighted by molar-refractivity contribution is 5.94. The van der Waals surface area contributed by atoms with Crippen molar-refractivity contribution in [2.24, 2.45) is 0 Å². The maximum atomic E-state index is 13.0. The van der Waals surface area contributed by atoms with E-state index in [1.165, 1.54) is 11.1 Å². The minimum Gasteiger partial charge on any atom is -0.497 e. The van der Waals surface area contributed by atoms with Crippen LogP contribution in [0, 0.1) is 0 Å². The summed E-state index contributed by atoms with van der Waals surface area (Å²) in [5.74, 6) is 2.49. The SMILES string of the molecule is COc1ccc(OC)c(CN2CCN(CC(=O)Nc3c(C(C)C)cccc3C(C)C)CC2)c1. The van der Waals surface area contributed by atoms with Crippen molar-refractivity contribution in [2.45, 2.75) is 46.1 Å². The van der Waals surface area contributed by atoms with Gasteiger partial charge in [-0.15, -0.1) is 0 Å². The Kier molecular flexibility index (Phi) is 8.75. The van der Waals surface area contributed by atoms with Crippen molar-refractivity contribution in [3.63, 3.8) is 0 Å². The van der Waals surface area contributed by atoms with Gasteiger partial charge < -0.3 is 14.8 Å². The highest BCUT2D eigenvalue weighted by Gasteiger charge is 2.22. The molecule has 180 valence electrons. The summed E-state index contributed by atoms with van der Waals surface area (Å²) in [5, 5.41) is 3.24. The standard InChI is InChI=1S/C27H39N3O3/c1-19(2)23-8-7-9-24(20(3)4)27(23)28-26(31)18-30-14-12-29(13-15-30)17-21-16-22(32-5)10-11-25(21)33-6/h7-11,16,19-20H,12-15,17-18H2,1-6H3,(H,28,31). The van der Waals surface area contributed by atoms with Crippen LogP contribution in [0.25, 0.3) is 0 Å². The minimum atomic E-state index is 0.0629. The number of benzene rings is 2. The lowest BCUT2D eigenvalue weighted by Crippen LogP contribution is -2.48. The van der Waals surface area contributed by atoms with Crippen molar-refractivity contribution in [2.75, 3.05) is 52.3 Å². The molecule has 3 rings (SSSR count). The Morgan fingerprint density at radius 1 is 0.909 bits per heavy atom. The van der Waals surface area contributed by atoms with E-state index in [0.717, 1.165) is 55.5 Å². The maximum Gasteiger partial charge on any atom is 0.238 e. The van der Waals surface area contributed by atoms with E-state index in [1.807, 2.05) is 18.2 Å². The number of methoxy groups -OCH3 is 2. The summed E-state index contributed by atoms with van der Waals surface area (Å²) >= 11 is 0. The Morgan fingerprint density at radius 2 is 1.52 bits per heavy atom. The first-order valence-electron chi connectivity index (χ1n) is 11.9. The fourth-order valence-corrected chi connectivity index (χ4v) is 4.43. The summed E-state index contributed by atoms with van der Waals surface area (Å²) in [6.45, 7) is 13.5. The summed E-state index contributed by atoms with van der Waals surface area (Å²) < 4.78 is 10.9. The van der Waals surface area contributed by atoms with E-state index in [4.69, 9.17) is 9.47 Å². The fourth-order valence-electron chi connectivity index (χ4n) is 4.43. The topological polar surface area (TPSA) is 54.0 Å². The number of hydrogen-bond acceptors (Lipinski definition) is 5. The molecule has 0 aromatic heterocycles. The van der Waals surface area contributed by atoms with Crippen LogP contribution in [0.4, 0.5) is 5.69 Å². The number of nitrogens with one attached hydrogen (secondary N) is 1. The smallest absolute Gasteiger partial charge is 0.238 e. The van der Waals surface area contributed by atoms with Crippen molar-refractivity contribution < 1.29 is 14.3 Å². The third-order valence-corrected chi connectivity index (χ3v) is 6.35. The van der Waals surface area contributed by atoms with Crippen molar-refractivity contribution in [3.05, 3.63) is 53.1 Å². The summed E-state index contributed by atoms with van der Waals surface area (Å²) in [4.78, 5) is 17.6. The van der Waals surface area contributed by atoms with Crippen LogP contribution in [0.5, 0.6) is 11.5 Å². The average molecular weight is 454 g/mol. The molecule has 6 nitrogen and oxygen atoms in total. The van der Waals surface area contributed by atoms with Gasteiger partial charge in [0.25, 0.3) is 0 Å². The number of piperazine rings is 1. The lowest BCUT2D eigenvalue weighted by Gasteiger charge is -2.34. The number of rotatable bonds is 9. The molecule has 0 radical (unpaired) electrons. The van der Waals surface area contributed by atoms with E-state index in [2.05, 4.69) is 61.0 Å². The van der Waals surface area contributed by atoms with Crippen LogP contribution < -0.4 is 14.8 Å². The maximum absolute atomic E-state index is 13.0. The minimum absolute atomic E-state index is 0.0629. The summed E-state index contributed by atoms with van der Waals surface area (Å²) in [5.41, 5.74) is 4.52. The van der Waals surface area contributed by atoms with E-state index >= 15 is 0 Å². The number of amides is 1. The number of carbonyl (C=O) groups excluding carboxylic acids is 1. The molecule has 1 saturated heterocycles. The van der Waals surface area contributed by atoms with Gasteiger partial charge in [0, 0.05) is 44.0 Å². The molecule has 0 bridgehead atoms. The van der Waals surface area contributed by atoms with Gasteiger partial charge in [-0.1, -0.05) is 45.9 Å². The van der Waals surface area contributed by atoms with Crippen LogP contribution >= 0.6 is 0 Å². The van der Waals surface area contributed by atoms with Gasteiger partial charge in [-0.25, -0.2) is 0 Å². The van der Waals surface area contributed by atoms with Gasteiger partial charge in [0.15, 0.2) is 0 Å². The fraction of sp³-hybridized carbons (Fsp3) is 0.519. The predicted molar refractivity (Wildman–Crippen MR) is 135 cm³/mol. The zero-order valence-corrected chi connectivity index (χ0v) is 21.0.